The molecule has 1 aromatic carbocycles. The van der Waals surface area contributed by atoms with Crippen molar-refractivity contribution in [2.45, 2.75) is 43.7 Å². The Bertz CT molecular complexity index is 647. The van der Waals surface area contributed by atoms with E-state index in [1.54, 1.807) is 0 Å². The van der Waals surface area contributed by atoms with Crippen molar-refractivity contribution < 1.29 is 14.3 Å². The predicted molar refractivity (Wildman–Crippen MR) is 88.5 cm³/mol. The van der Waals surface area contributed by atoms with Gasteiger partial charge >= 0.3 is 0 Å². The molecule has 0 spiro atoms. The standard InChI is InChI=1S/C18H23N3O3/c19-12-15(21-17(22)18(20)5-8-23-9-6-18)10-13-3-4-14-2-1-7-24-16(14)11-13/h3-4,11,15H,1-2,5-10,20H2,(H,21,22)/t15-/m1/s1. The van der Waals surface area contributed by atoms with Gasteiger partial charge in [0.25, 0.3) is 0 Å². The van der Waals surface area contributed by atoms with E-state index in [4.69, 9.17) is 15.2 Å². The number of carbonyl (C=O) groups excluding carboxylic acids is 1. The fraction of sp³-hybridized carbons (Fsp3) is 0.556. The number of nitrogens with zero attached hydrogens (tertiary/aromatic N) is 1. The van der Waals surface area contributed by atoms with Crippen LogP contribution in [0.4, 0.5) is 0 Å². The number of aryl methyl sites for hydroxylation is 1. The molecule has 3 N–H and O–H groups in total. The molecule has 1 fully saturated rings. The summed E-state index contributed by atoms with van der Waals surface area (Å²) in [5.74, 6) is 0.619. The average molecular weight is 329 g/mol. The topological polar surface area (TPSA) is 97.4 Å². The Balaban J connectivity index is 1.64. The molecule has 2 heterocycles. The molecular formula is C18H23N3O3. The first-order valence-electron chi connectivity index (χ1n) is 8.42. The van der Waals surface area contributed by atoms with Crippen LogP contribution in [0.15, 0.2) is 18.2 Å². The zero-order valence-corrected chi connectivity index (χ0v) is 13.7. The van der Waals surface area contributed by atoms with Gasteiger partial charge in [0.2, 0.25) is 5.91 Å². The number of ether oxygens (including phenoxy) is 2. The van der Waals surface area contributed by atoms with Crippen LogP contribution in [0.1, 0.15) is 30.4 Å². The van der Waals surface area contributed by atoms with Crippen LogP contribution >= 0.6 is 0 Å². The van der Waals surface area contributed by atoms with Gasteiger partial charge in [-0.2, -0.15) is 5.26 Å². The molecule has 1 atom stereocenters. The fourth-order valence-electron chi connectivity index (χ4n) is 3.14. The first-order chi connectivity index (χ1) is 11.6. The molecule has 24 heavy (non-hydrogen) atoms. The SMILES string of the molecule is N#C[C@@H](Cc1ccc2c(c1)OCCC2)NC(=O)C1(N)CCOCC1. The van der Waals surface area contributed by atoms with E-state index in [-0.39, 0.29) is 5.91 Å². The quantitative estimate of drug-likeness (QED) is 0.861. The number of fused-ring (bicyclic) bond motifs is 1. The van der Waals surface area contributed by atoms with Crippen molar-refractivity contribution in [2.75, 3.05) is 19.8 Å². The van der Waals surface area contributed by atoms with Gasteiger partial charge in [-0.1, -0.05) is 12.1 Å². The normalized spacial score (nSPS) is 20.2. The lowest BCUT2D eigenvalue weighted by molar-refractivity contribution is -0.130. The molecule has 1 amide bonds. The first-order valence-corrected chi connectivity index (χ1v) is 8.42. The van der Waals surface area contributed by atoms with Gasteiger partial charge in [-0.3, -0.25) is 4.79 Å². The molecule has 0 radical (unpaired) electrons. The van der Waals surface area contributed by atoms with Crippen LogP contribution in [-0.4, -0.2) is 37.3 Å². The second-order valence-corrected chi connectivity index (χ2v) is 6.52. The summed E-state index contributed by atoms with van der Waals surface area (Å²) < 4.78 is 10.9. The van der Waals surface area contributed by atoms with Crippen LogP contribution in [0.2, 0.25) is 0 Å². The second kappa shape index (κ2) is 7.20. The first kappa shape index (κ1) is 16.7. The van der Waals surface area contributed by atoms with Crippen LogP contribution < -0.4 is 15.8 Å². The number of benzene rings is 1. The minimum atomic E-state index is -0.938. The number of rotatable bonds is 4. The highest BCUT2D eigenvalue weighted by Gasteiger charge is 2.36. The lowest BCUT2D eigenvalue weighted by Gasteiger charge is -2.32. The number of amides is 1. The molecule has 0 unspecified atom stereocenters. The monoisotopic (exact) mass is 329 g/mol. The number of nitrogens with two attached hydrogens (primary N) is 1. The highest BCUT2D eigenvalue weighted by atomic mass is 16.5. The van der Waals surface area contributed by atoms with E-state index in [9.17, 15) is 10.1 Å². The summed E-state index contributed by atoms with van der Waals surface area (Å²) >= 11 is 0. The Labute approximate surface area is 141 Å². The van der Waals surface area contributed by atoms with Crippen molar-refractivity contribution in [3.63, 3.8) is 0 Å². The third-order valence-electron chi connectivity index (χ3n) is 4.72. The number of carbonyl (C=O) groups is 1. The van der Waals surface area contributed by atoms with E-state index in [1.807, 2.05) is 18.2 Å². The van der Waals surface area contributed by atoms with Crippen LogP contribution in [0, 0.1) is 11.3 Å². The smallest absolute Gasteiger partial charge is 0.241 e. The summed E-state index contributed by atoms with van der Waals surface area (Å²) in [5, 5.41) is 12.2. The van der Waals surface area contributed by atoms with E-state index in [0.29, 0.717) is 32.5 Å². The molecule has 3 rings (SSSR count). The van der Waals surface area contributed by atoms with E-state index in [2.05, 4.69) is 11.4 Å². The third kappa shape index (κ3) is 3.69. The Hall–Kier alpha value is -2.10. The maximum absolute atomic E-state index is 12.4. The Kier molecular flexibility index (Phi) is 5.03. The highest BCUT2D eigenvalue weighted by Crippen LogP contribution is 2.26. The molecular weight excluding hydrogens is 306 g/mol. The van der Waals surface area contributed by atoms with Gasteiger partial charge in [-0.05, 0) is 42.9 Å². The molecule has 0 aliphatic carbocycles. The van der Waals surface area contributed by atoms with Gasteiger partial charge in [-0.25, -0.2) is 0 Å². The van der Waals surface area contributed by atoms with Gasteiger partial charge in [0.1, 0.15) is 11.8 Å². The van der Waals surface area contributed by atoms with Crippen molar-refractivity contribution in [3.8, 4) is 11.8 Å². The number of nitrogens with one attached hydrogen (secondary N) is 1. The highest BCUT2D eigenvalue weighted by molar-refractivity contribution is 5.86. The van der Waals surface area contributed by atoms with Gasteiger partial charge in [0.15, 0.2) is 0 Å². The number of hydrogen-bond donors (Lipinski definition) is 2. The van der Waals surface area contributed by atoms with Crippen LogP contribution in [0.5, 0.6) is 5.75 Å². The minimum absolute atomic E-state index is 0.272. The number of nitriles is 1. The molecule has 0 bridgehead atoms. The predicted octanol–water partition coefficient (Wildman–Crippen LogP) is 1.07. The second-order valence-electron chi connectivity index (χ2n) is 6.52. The summed E-state index contributed by atoms with van der Waals surface area (Å²) in [6.45, 7) is 1.68. The summed E-state index contributed by atoms with van der Waals surface area (Å²) in [6.07, 6.45) is 3.44. The molecule has 0 aromatic heterocycles. The van der Waals surface area contributed by atoms with Crippen LogP contribution in [0.3, 0.4) is 0 Å². The van der Waals surface area contributed by atoms with Gasteiger partial charge in [-0.15, -0.1) is 0 Å². The third-order valence-corrected chi connectivity index (χ3v) is 4.72. The largest absolute Gasteiger partial charge is 0.493 e. The lowest BCUT2D eigenvalue weighted by atomic mass is 9.90. The maximum Gasteiger partial charge on any atom is 0.241 e. The van der Waals surface area contributed by atoms with E-state index < -0.39 is 11.6 Å². The minimum Gasteiger partial charge on any atom is -0.493 e. The van der Waals surface area contributed by atoms with Gasteiger partial charge in [0.05, 0.1) is 18.2 Å². The average Bonchev–Trinajstić information content (AvgIpc) is 2.61. The van der Waals surface area contributed by atoms with Crippen LogP contribution in [-0.2, 0) is 22.4 Å². The maximum atomic E-state index is 12.4. The molecule has 128 valence electrons. The van der Waals surface area contributed by atoms with E-state index in [0.717, 1.165) is 30.8 Å². The van der Waals surface area contributed by atoms with Crippen molar-refractivity contribution in [1.82, 2.24) is 5.32 Å². The summed E-state index contributed by atoms with van der Waals surface area (Å²) in [4.78, 5) is 12.4. The van der Waals surface area contributed by atoms with Gasteiger partial charge < -0.3 is 20.5 Å². The Morgan fingerprint density at radius 1 is 1.38 bits per heavy atom. The Morgan fingerprint density at radius 2 is 2.17 bits per heavy atom. The molecule has 6 nitrogen and oxygen atoms in total. The molecule has 1 saturated heterocycles. The lowest BCUT2D eigenvalue weighted by Crippen LogP contribution is -2.58. The van der Waals surface area contributed by atoms with Crippen molar-refractivity contribution in [2.24, 2.45) is 5.73 Å². The van der Waals surface area contributed by atoms with Gasteiger partial charge in [0, 0.05) is 19.6 Å². The fourth-order valence-corrected chi connectivity index (χ4v) is 3.14. The zero-order chi connectivity index (χ0) is 17.0. The Morgan fingerprint density at radius 3 is 2.92 bits per heavy atom. The van der Waals surface area contributed by atoms with E-state index in [1.165, 1.54) is 5.56 Å². The van der Waals surface area contributed by atoms with Crippen molar-refractivity contribution in [1.29, 1.82) is 5.26 Å². The molecule has 6 heteroatoms. The summed E-state index contributed by atoms with van der Waals surface area (Å²) in [6, 6.07) is 7.56. The van der Waals surface area contributed by atoms with Crippen LogP contribution in [0.25, 0.3) is 0 Å². The zero-order valence-electron chi connectivity index (χ0n) is 13.7. The number of hydrogen-bond acceptors (Lipinski definition) is 5. The summed E-state index contributed by atoms with van der Waals surface area (Å²) in [7, 11) is 0. The molecule has 0 saturated carbocycles. The molecule has 2 aliphatic rings. The summed E-state index contributed by atoms with van der Waals surface area (Å²) in [5.41, 5.74) is 7.40. The van der Waals surface area contributed by atoms with E-state index >= 15 is 0 Å². The molecule has 1 aromatic rings. The van der Waals surface area contributed by atoms with Crippen molar-refractivity contribution in [3.05, 3.63) is 29.3 Å². The van der Waals surface area contributed by atoms with Crippen molar-refractivity contribution >= 4 is 5.91 Å². The molecule has 2 aliphatic heterocycles.